The number of nitriles is 1. The minimum absolute atomic E-state index is 0.194. The molecule has 27 heavy (non-hydrogen) atoms. The first-order chi connectivity index (χ1) is 13.1. The van der Waals surface area contributed by atoms with Gasteiger partial charge < -0.3 is 10.6 Å². The van der Waals surface area contributed by atoms with Crippen molar-refractivity contribution in [2.75, 3.05) is 10.6 Å². The number of benzene rings is 2. The smallest absolute Gasteiger partial charge is 0.276 e. The number of anilines is 3. The molecule has 1 heterocycles. The Bertz CT molecular complexity index is 990. The molecule has 3 rings (SSSR count). The fraction of sp³-hybridized carbons (Fsp3) is 0.143. The van der Waals surface area contributed by atoms with E-state index in [0.29, 0.717) is 23.0 Å². The molecule has 0 saturated carbocycles. The molecular weight excluding hydrogens is 338 g/mol. The fourth-order valence-corrected chi connectivity index (χ4v) is 2.63. The van der Waals surface area contributed by atoms with Gasteiger partial charge in [0.05, 0.1) is 11.6 Å². The molecule has 0 bridgehead atoms. The molecule has 1 amide bonds. The Morgan fingerprint density at radius 3 is 2.56 bits per heavy atom. The SMILES string of the molecule is CC(C)c1ccccc1Nc1ccc(C(=O)Nc2cccc(C#N)c2)nn1. The highest BCUT2D eigenvalue weighted by molar-refractivity contribution is 6.02. The monoisotopic (exact) mass is 357 g/mol. The number of rotatable bonds is 5. The molecule has 1 aromatic heterocycles. The van der Waals surface area contributed by atoms with Crippen LogP contribution in [0.1, 0.15) is 41.4 Å². The molecule has 0 radical (unpaired) electrons. The predicted octanol–water partition coefficient (Wildman–Crippen LogP) is 4.47. The van der Waals surface area contributed by atoms with Crippen molar-refractivity contribution in [3.63, 3.8) is 0 Å². The third kappa shape index (κ3) is 4.47. The van der Waals surface area contributed by atoms with Crippen LogP contribution in [0, 0.1) is 11.3 Å². The number of hydrogen-bond donors (Lipinski definition) is 2. The van der Waals surface area contributed by atoms with Crippen molar-refractivity contribution in [3.05, 3.63) is 77.5 Å². The van der Waals surface area contributed by atoms with Gasteiger partial charge in [0.15, 0.2) is 11.5 Å². The van der Waals surface area contributed by atoms with E-state index in [1.165, 1.54) is 5.56 Å². The highest BCUT2D eigenvalue weighted by atomic mass is 16.1. The zero-order valence-corrected chi connectivity index (χ0v) is 15.1. The average Bonchev–Trinajstić information content (AvgIpc) is 2.69. The minimum atomic E-state index is -0.383. The molecule has 6 nitrogen and oxygen atoms in total. The van der Waals surface area contributed by atoms with Crippen molar-refractivity contribution < 1.29 is 4.79 Å². The molecule has 0 atom stereocenters. The van der Waals surface area contributed by atoms with Gasteiger partial charge >= 0.3 is 0 Å². The lowest BCUT2D eigenvalue weighted by atomic mass is 10.0. The maximum absolute atomic E-state index is 12.3. The molecule has 0 unspecified atom stereocenters. The number of hydrogen-bond acceptors (Lipinski definition) is 5. The van der Waals surface area contributed by atoms with Crippen LogP contribution in [0.25, 0.3) is 0 Å². The van der Waals surface area contributed by atoms with Crippen molar-refractivity contribution in [2.24, 2.45) is 0 Å². The Hall–Kier alpha value is -3.72. The zero-order chi connectivity index (χ0) is 19.2. The third-order valence-electron chi connectivity index (χ3n) is 3.99. The first-order valence-corrected chi connectivity index (χ1v) is 8.58. The summed E-state index contributed by atoms with van der Waals surface area (Å²) in [6.45, 7) is 4.25. The topological polar surface area (TPSA) is 90.7 Å². The molecule has 2 N–H and O–H groups in total. The summed E-state index contributed by atoms with van der Waals surface area (Å²) in [7, 11) is 0. The summed E-state index contributed by atoms with van der Waals surface area (Å²) >= 11 is 0. The maximum atomic E-state index is 12.3. The van der Waals surface area contributed by atoms with Crippen LogP contribution in [0.5, 0.6) is 0 Å². The lowest BCUT2D eigenvalue weighted by Gasteiger charge is -2.13. The van der Waals surface area contributed by atoms with Gasteiger partial charge in [-0.15, -0.1) is 10.2 Å². The van der Waals surface area contributed by atoms with E-state index in [2.05, 4.69) is 40.7 Å². The summed E-state index contributed by atoms with van der Waals surface area (Å²) in [6, 6.07) is 20.1. The van der Waals surface area contributed by atoms with Gasteiger partial charge in [0.25, 0.3) is 5.91 Å². The van der Waals surface area contributed by atoms with E-state index in [-0.39, 0.29) is 11.6 Å². The normalized spacial score (nSPS) is 10.3. The molecular formula is C21H19N5O. The highest BCUT2D eigenvalue weighted by Gasteiger charge is 2.11. The van der Waals surface area contributed by atoms with Gasteiger partial charge in [0, 0.05) is 11.4 Å². The molecule has 134 valence electrons. The molecule has 0 aliphatic carbocycles. The van der Waals surface area contributed by atoms with Gasteiger partial charge in [0.2, 0.25) is 0 Å². The van der Waals surface area contributed by atoms with Gasteiger partial charge in [-0.1, -0.05) is 38.1 Å². The molecule has 6 heteroatoms. The summed E-state index contributed by atoms with van der Waals surface area (Å²) < 4.78 is 0. The van der Waals surface area contributed by atoms with Crippen molar-refractivity contribution >= 4 is 23.1 Å². The van der Waals surface area contributed by atoms with E-state index in [4.69, 9.17) is 5.26 Å². The van der Waals surface area contributed by atoms with Crippen LogP contribution in [0.2, 0.25) is 0 Å². The van der Waals surface area contributed by atoms with Crippen molar-refractivity contribution in [1.29, 1.82) is 5.26 Å². The number of amides is 1. The summed E-state index contributed by atoms with van der Waals surface area (Å²) in [5.74, 6) is 0.550. The van der Waals surface area contributed by atoms with Crippen LogP contribution in [0.15, 0.2) is 60.7 Å². The van der Waals surface area contributed by atoms with Gasteiger partial charge in [-0.25, -0.2) is 0 Å². The molecule has 3 aromatic rings. The summed E-state index contributed by atoms with van der Waals surface area (Å²) in [5.41, 5.74) is 3.35. The average molecular weight is 357 g/mol. The van der Waals surface area contributed by atoms with Crippen LogP contribution in [-0.2, 0) is 0 Å². The van der Waals surface area contributed by atoms with E-state index in [1.807, 2.05) is 24.3 Å². The van der Waals surface area contributed by atoms with Gasteiger partial charge in [0.1, 0.15) is 0 Å². The summed E-state index contributed by atoms with van der Waals surface area (Å²) in [5, 5.41) is 23.0. The predicted molar refractivity (Wildman–Crippen MR) is 105 cm³/mol. The number of carbonyl (C=O) groups is 1. The second-order valence-electron chi connectivity index (χ2n) is 6.32. The Kier molecular flexibility index (Phi) is 5.43. The van der Waals surface area contributed by atoms with Crippen LogP contribution in [0.3, 0.4) is 0 Å². The van der Waals surface area contributed by atoms with Crippen molar-refractivity contribution in [3.8, 4) is 6.07 Å². The standard InChI is InChI=1S/C21H19N5O/c1-14(2)17-8-3-4-9-18(17)24-20-11-10-19(25-26-20)21(27)23-16-7-5-6-15(12-16)13-22/h3-12,14H,1-2H3,(H,23,27)(H,24,26). The van der Waals surface area contributed by atoms with E-state index >= 15 is 0 Å². The minimum Gasteiger partial charge on any atom is -0.338 e. The Morgan fingerprint density at radius 1 is 1.04 bits per heavy atom. The number of para-hydroxylation sites is 1. The van der Waals surface area contributed by atoms with E-state index < -0.39 is 0 Å². The lowest BCUT2D eigenvalue weighted by molar-refractivity contribution is 0.102. The van der Waals surface area contributed by atoms with Crippen molar-refractivity contribution in [1.82, 2.24) is 10.2 Å². The van der Waals surface area contributed by atoms with Gasteiger partial charge in [-0.05, 0) is 47.9 Å². The second kappa shape index (κ2) is 8.11. The summed E-state index contributed by atoms with van der Waals surface area (Å²) in [4.78, 5) is 12.3. The van der Waals surface area contributed by atoms with Gasteiger partial charge in [-0.2, -0.15) is 5.26 Å². The molecule has 0 aliphatic rings. The quantitative estimate of drug-likeness (QED) is 0.703. The first-order valence-electron chi connectivity index (χ1n) is 8.58. The first kappa shape index (κ1) is 18.1. The Morgan fingerprint density at radius 2 is 1.85 bits per heavy atom. The van der Waals surface area contributed by atoms with E-state index in [0.717, 1.165) is 5.69 Å². The molecule has 2 aromatic carbocycles. The Balaban J connectivity index is 1.72. The third-order valence-corrected chi connectivity index (χ3v) is 3.99. The fourth-order valence-electron chi connectivity index (χ4n) is 2.63. The Labute approximate surface area is 157 Å². The second-order valence-corrected chi connectivity index (χ2v) is 6.32. The lowest BCUT2D eigenvalue weighted by Crippen LogP contribution is -2.14. The number of aromatic nitrogens is 2. The molecule has 0 spiro atoms. The number of nitrogens with one attached hydrogen (secondary N) is 2. The van der Waals surface area contributed by atoms with Gasteiger partial charge in [-0.3, -0.25) is 4.79 Å². The van der Waals surface area contributed by atoms with Crippen LogP contribution >= 0.6 is 0 Å². The molecule has 0 aliphatic heterocycles. The number of nitrogens with zero attached hydrogens (tertiary/aromatic N) is 3. The molecule has 0 fully saturated rings. The van der Waals surface area contributed by atoms with Crippen LogP contribution < -0.4 is 10.6 Å². The van der Waals surface area contributed by atoms with Crippen LogP contribution in [-0.4, -0.2) is 16.1 Å². The number of carbonyl (C=O) groups excluding carboxylic acids is 1. The van der Waals surface area contributed by atoms with Crippen LogP contribution in [0.4, 0.5) is 17.2 Å². The van der Waals surface area contributed by atoms with E-state index in [1.54, 1.807) is 36.4 Å². The van der Waals surface area contributed by atoms with Crippen molar-refractivity contribution in [2.45, 2.75) is 19.8 Å². The largest absolute Gasteiger partial charge is 0.338 e. The summed E-state index contributed by atoms with van der Waals surface area (Å²) in [6.07, 6.45) is 0. The maximum Gasteiger partial charge on any atom is 0.276 e. The molecule has 0 saturated heterocycles. The zero-order valence-electron chi connectivity index (χ0n) is 15.1. The highest BCUT2D eigenvalue weighted by Crippen LogP contribution is 2.26. The van der Waals surface area contributed by atoms with E-state index in [9.17, 15) is 4.79 Å².